The van der Waals surface area contributed by atoms with Crippen LogP contribution in [0.5, 0.6) is 0 Å². The Morgan fingerprint density at radius 3 is 3.08 bits per heavy atom. The number of aryl methyl sites for hydroxylation is 1. The molecule has 0 radical (unpaired) electrons. The summed E-state index contributed by atoms with van der Waals surface area (Å²) in [5.41, 5.74) is 2.02. The largest absolute Gasteiger partial charge is 0.373 e. The number of rotatable bonds is 4. The highest BCUT2D eigenvalue weighted by Gasteiger charge is 2.24. The van der Waals surface area contributed by atoms with Crippen molar-refractivity contribution in [3.63, 3.8) is 0 Å². The highest BCUT2D eigenvalue weighted by molar-refractivity contribution is 7.18. The van der Waals surface area contributed by atoms with Gasteiger partial charge in [0.15, 0.2) is 5.01 Å². The molecule has 3 aromatic heterocycles. The van der Waals surface area contributed by atoms with Crippen LogP contribution in [0.4, 0.5) is 5.13 Å². The normalized spacial score (nSPS) is 18.0. The Balaban J connectivity index is 1.45. The van der Waals surface area contributed by atoms with Crippen molar-refractivity contribution in [3.8, 4) is 10.7 Å². The van der Waals surface area contributed by atoms with E-state index in [1.54, 1.807) is 17.5 Å². The van der Waals surface area contributed by atoms with Gasteiger partial charge >= 0.3 is 0 Å². The molecule has 1 atom stereocenters. The van der Waals surface area contributed by atoms with E-state index in [2.05, 4.69) is 25.2 Å². The SMILES string of the molecule is Cc1cnn(CC2CN(c3nnc(-c4ccccn4)s3)CCO2)c1. The average Bonchev–Trinajstić information content (AvgIpc) is 3.25. The van der Waals surface area contributed by atoms with Gasteiger partial charge in [-0.05, 0) is 24.6 Å². The maximum Gasteiger partial charge on any atom is 0.208 e. The van der Waals surface area contributed by atoms with E-state index in [1.807, 2.05) is 42.2 Å². The zero-order valence-corrected chi connectivity index (χ0v) is 14.2. The molecule has 1 saturated heterocycles. The molecule has 1 aliphatic rings. The molecule has 0 N–H and O–H groups in total. The van der Waals surface area contributed by atoms with Gasteiger partial charge < -0.3 is 9.64 Å². The lowest BCUT2D eigenvalue weighted by Crippen LogP contribution is -2.44. The lowest BCUT2D eigenvalue weighted by molar-refractivity contribution is 0.0274. The number of morpholine rings is 1. The molecule has 0 bridgehead atoms. The van der Waals surface area contributed by atoms with Crippen LogP contribution in [0.15, 0.2) is 36.8 Å². The second-order valence-corrected chi connectivity index (χ2v) is 6.74. The number of pyridine rings is 1. The van der Waals surface area contributed by atoms with Gasteiger partial charge in [0.1, 0.15) is 5.69 Å². The minimum absolute atomic E-state index is 0.0975. The van der Waals surface area contributed by atoms with Gasteiger partial charge in [0.05, 0.1) is 25.5 Å². The minimum atomic E-state index is 0.0975. The molecule has 4 heterocycles. The van der Waals surface area contributed by atoms with Crippen LogP contribution in [-0.2, 0) is 11.3 Å². The van der Waals surface area contributed by atoms with E-state index in [-0.39, 0.29) is 6.10 Å². The van der Waals surface area contributed by atoms with E-state index < -0.39 is 0 Å². The maximum absolute atomic E-state index is 5.88. The van der Waals surface area contributed by atoms with Crippen molar-refractivity contribution in [3.05, 3.63) is 42.4 Å². The summed E-state index contributed by atoms with van der Waals surface area (Å²) in [5.74, 6) is 0. The number of nitrogens with zero attached hydrogens (tertiary/aromatic N) is 6. The second kappa shape index (κ2) is 6.66. The standard InChI is InChI=1S/C16H18N6OS/c1-12-8-18-22(9-12)11-13-10-21(6-7-23-13)16-20-19-15(24-16)14-4-2-3-5-17-14/h2-5,8-9,13H,6-7,10-11H2,1H3. The molecule has 0 amide bonds. The van der Waals surface area contributed by atoms with Crippen LogP contribution >= 0.6 is 11.3 Å². The summed E-state index contributed by atoms with van der Waals surface area (Å²) in [5, 5.41) is 14.7. The number of hydrogen-bond acceptors (Lipinski definition) is 7. The summed E-state index contributed by atoms with van der Waals surface area (Å²) in [4.78, 5) is 6.56. The Morgan fingerprint density at radius 2 is 2.29 bits per heavy atom. The third kappa shape index (κ3) is 3.29. The van der Waals surface area contributed by atoms with E-state index in [9.17, 15) is 0 Å². The summed E-state index contributed by atoms with van der Waals surface area (Å²) >= 11 is 1.57. The van der Waals surface area contributed by atoms with Gasteiger partial charge in [0.25, 0.3) is 0 Å². The van der Waals surface area contributed by atoms with Crippen LogP contribution in [0, 0.1) is 6.92 Å². The quantitative estimate of drug-likeness (QED) is 0.722. The number of aromatic nitrogens is 5. The highest BCUT2D eigenvalue weighted by Crippen LogP contribution is 2.28. The van der Waals surface area contributed by atoms with Crippen LogP contribution in [-0.4, -0.2) is 50.8 Å². The Bertz CT molecular complexity index is 802. The van der Waals surface area contributed by atoms with Crippen LogP contribution in [0.1, 0.15) is 5.56 Å². The fourth-order valence-electron chi connectivity index (χ4n) is 2.72. The zero-order chi connectivity index (χ0) is 16.4. The third-order valence-corrected chi connectivity index (χ3v) is 4.87. The van der Waals surface area contributed by atoms with Crippen LogP contribution < -0.4 is 4.90 Å². The molecule has 124 valence electrons. The van der Waals surface area contributed by atoms with Crippen molar-refractivity contribution >= 4 is 16.5 Å². The van der Waals surface area contributed by atoms with E-state index in [1.165, 1.54) is 0 Å². The lowest BCUT2D eigenvalue weighted by atomic mass is 10.3. The lowest BCUT2D eigenvalue weighted by Gasteiger charge is -2.32. The van der Waals surface area contributed by atoms with Crippen LogP contribution in [0.25, 0.3) is 10.7 Å². The van der Waals surface area contributed by atoms with Gasteiger partial charge in [0.2, 0.25) is 5.13 Å². The molecule has 3 aromatic rings. The van der Waals surface area contributed by atoms with Crippen molar-refractivity contribution in [2.24, 2.45) is 0 Å². The zero-order valence-electron chi connectivity index (χ0n) is 13.4. The van der Waals surface area contributed by atoms with Gasteiger partial charge in [-0.1, -0.05) is 17.4 Å². The molecule has 24 heavy (non-hydrogen) atoms. The summed E-state index contributed by atoms with van der Waals surface area (Å²) in [7, 11) is 0. The Morgan fingerprint density at radius 1 is 1.33 bits per heavy atom. The first-order valence-electron chi connectivity index (χ1n) is 7.88. The molecule has 8 heteroatoms. The molecule has 0 spiro atoms. The van der Waals surface area contributed by atoms with Crippen molar-refractivity contribution in [2.75, 3.05) is 24.6 Å². The number of ether oxygens (including phenoxy) is 1. The summed E-state index contributed by atoms with van der Waals surface area (Å²) in [6.07, 6.45) is 5.77. The van der Waals surface area contributed by atoms with Crippen molar-refractivity contribution in [2.45, 2.75) is 19.6 Å². The van der Waals surface area contributed by atoms with Crippen LogP contribution in [0.2, 0.25) is 0 Å². The summed E-state index contributed by atoms with van der Waals surface area (Å²) in [6, 6.07) is 5.81. The Labute approximate surface area is 143 Å². The van der Waals surface area contributed by atoms with E-state index in [0.717, 1.165) is 41.0 Å². The molecule has 0 aliphatic carbocycles. The van der Waals surface area contributed by atoms with Gasteiger partial charge in [-0.2, -0.15) is 5.10 Å². The molecule has 0 saturated carbocycles. The summed E-state index contributed by atoms with van der Waals surface area (Å²) < 4.78 is 7.81. The smallest absolute Gasteiger partial charge is 0.208 e. The second-order valence-electron chi connectivity index (χ2n) is 5.78. The fraction of sp³-hybridized carbons (Fsp3) is 0.375. The topological polar surface area (TPSA) is 69.0 Å². The maximum atomic E-state index is 5.88. The van der Waals surface area contributed by atoms with E-state index in [0.29, 0.717) is 6.61 Å². The summed E-state index contributed by atoms with van der Waals surface area (Å²) in [6.45, 7) is 5.08. The first kappa shape index (κ1) is 15.2. The first-order chi connectivity index (χ1) is 11.8. The third-order valence-electron chi connectivity index (χ3n) is 3.86. The minimum Gasteiger partial charge on any atom is -0.373 e. The Kier molecular flexibility index (Phi) is 4.22. The van der Waals surface area contributed by atoms with E-state index in [4.69, 9.17) is 4.74 Å². The highest BCUT2D eigenvalue weighted by atomic mass is 32.1. The monoisotopic (exact) mass is 342 g/mol. The molecule has 7 nitrogen and oxygen atoms in total. The van der Waals surface area contributed by atoms with Gasteiger partial charge in [-0.25, -0.2) is 0 Å². The number of anilines is 1. The molecule has 1 aliphatic heterocycles. The first-order valence-corrected chi connectivity index (χ1v) is 8.70. The molecule has 0 aromatic carbocycles. The van der Waals surface area contributed by atoms with Gasteiger partial charge in [-0.3, -0.25) is 9.67 Å². The molecule has 1 unspecified atom stereocenters. The van der Waals surface area contributed by atoms with Crippen molar-refractivity contribution in [1.29, 1.82) is 0 Å². The molecular formula is C16H18N6OS. The number of hydrogen-bond donors (Lipinski definition) is 0. The van der Waals surface area contributed by atoms with Gasteiger partial charge in [-0.15, -0.1) is 10.2 Å². The molecule has 4 rings (SSSR count). The van der Waals surface area contributed by atoms with Crippen LogP contribution in [0.3, 0.4) is 0 Å². The predicted molar refractivity (Wildman–Crippen MR) is 92.1 cm³/mol. The average molecular weight is 342 g/mol. The fourth-order valence-corrected chi connectivity index (χ4v) is 3.57. The van der Waals surface area contributed by atoms with Gasteiger partial charge in [0, 0.05) is 25.5 Å². The molecule has 1 fully saturated rings. The van der Waals surface area contributed by atoms with Crippen molar-refractivity contribution < 1.29 is 4.74 Å². The Hall–Kier alpha value is -2.32. The van der Waals surface area contributed by atoms with E-state index >= 15 is 0 Å². The molecular weight excluding hydrogens is 324 g/mol. The predicted octanol–water partition coefficient (Wildman–Crippen LogP) is 2.01. The van der Waals surface area contributed by atoms with Crippen molar-refractivity contribution in [1.82, 2.24) is 25.0 Å².